The van der Waals surface area contributed by atoms with Crippen molar-refractivity contribution in [3.8, 4) is 0 Å². The number of aliphatic hydroxyl groups is 1. The van der Waals surface area contributed by atoms with E-state index in [1.54, 1.807) is 4.90 Å². The van der Waals surface area contributed by atoms with Crippen molar-refractivity contribution in [1.82, 2.24) is 14.9 Å². The Balaban J connectivity index is 2.27. The molecule has 0 fully saturated rings. The van der Waals surface area contributed by atoms with Crippen LogP contribution < -0.4 is 0 Å². The first-order chi connectivity index (χ1) is 10.2. The molecule has 0 radical (unpaired) electrons. The van der Waals surface area contributed by atoms with Crippen LogP contribution in [-0.2, 0) is 0 Å². The predicted octanol–water partition coefficient (Wildman–Crippen LogP) is 2.33. The second-order valence-corrected chi connectivity index (χ2v) is 4.97. The van der Waals surface area contributed by atoms with E-state index in [1.807, 2.05) is 0 Å². The summed E-state index contributed by atoms with van der Waals surface area (Å²) in [5, 5.41) is 9.13. The number of fused-ring (bicyclic) bond motifs is 1. The summed E-state index contributed by atoms with van der Waals surface area (Å²) < 4.78 is 13.6. The van der Waals surface area contributed by atoms with Gasteiger partial charge in [0.25, 0.3) is 5.91 Å². The van der Waals surface area contributed by atoms with Crippen molar-refractivity contribution in [3.63, 3.8) is 0 Å². The minimum atomic E-state index is -0.479. The summed E-state index contributed by atoms with van der Waals surface area (Å²) in [6.07, 6.45) is 4.36. The third-order valence-corrected chi connectivity index (χ3v) is 3.41. The minimum absolute atomic E-state index is 0.114. The van der Waals surface area contributed by atoms with Gasteiger partial charge in [-0.15, -0.1) is 0 Å². The molecule has 2 aromatic rings. The van der Waals surface area contributed by atoms with Crippen LogP contribution in [0.25, 0.3) is 11.0 Å². The van der Waals surface area contributed by atoms with Crippen LogP contribution in [0, 0.1) is 5.82 Å². The first-order valence-electron chi connectivity index (χ1n) is 7.20. The van der Waals surface area contributed by atoms with Crippen molar-refractivity contribution in [2.24, 2.45) is 0 Å². The van der Waals surface area contributed by atoms with Crippen molar-refractivity contribution < 1.29 is 14.3 Å². The molecule has 0 atom stereocenters. The average molecular weight is 293 g/mol. The molecule has 0 saturated heterocycles. The number of carbonyl (C=O) groups excluding carboxylic acids is 1. The Hall–Kier alpha value is -1.95. The van der Waals surface area contributed by atoms with Crippen LogP contribution in [-0.4, -0.2) is 45.6 Å². The topological polar surface area (TPSA) is 69.2 Å². The Morgan fingerprint density at radius 2 is 2.19 bits per heavy atom. The smallest absolute Gasteiger partial charge is 0.256 e. The van der Waals surface area contributed by atoms with Gasteiger partial charge in [-0.25, -0.2) is 9.37 Å². The highest BCUT2D eigenvalue weighted by atomic mass is 19.1. The maximum atomic E-state index is 13.6. The van der Waals surface area contributed by atoms with Crippen LogP contribution in [0.15, 0.2) is 18.5 Å². The number of nitrogens with one attached hydrogen (secondary N) is 1. The van der Waals surface area contributed by atoms with Crippen molar-refractivity contribution in [1.29, 1.82) is 0 Å². The van der Waals surface area contributed by atoms with Crippen molar-refractivity contribution in [3.05, 3.63) is 29.8 Å². The third-order valence-electron chi connectivity index (χ3n) is 3.41. The fraction of sp³-hybridized carbons (Fsp3) is 0.467. The molecule has 1 aromatic heterocycles. The molecule has 1 aromatic carbocycles. The molecule has 0 aliphatic heterocycles. The van der Waals surface area contributed by atoms with Crippen molar-refractivity contribution >= 4 is 16.9 Å². The molecule has 21 heavy (non-hydrogen) atoms. The van der Waals surface area contributed by atoms with E-state index in [-0.39, 0.29) is 24.6 Å². The van der Waals surface area contributed by atoms with Crippen LogP contribution in [0.5, 0.6) is 0 Å². The normalized spacial score (nSPS) is 11.0. The second-order valence-electron chi connectivity index (χ2n) is 4.97. The lowest BCUT2D eigenvalue weighted by Crippen LogP contribution is -2.34. The molecule has 0 aliphatic carbocycles. The number of imidazole rings is 1. The molecule has 114 valence electrons. The number of H-pyrrole nitrogens is 1. The summed E-state index contributed by atoms with van der Waals surface area (Å²) in [5.74, 6) is -0.774. The van der Waals surface area contributed by atoms with E-state index in [9.17, 15) is 9.18 Å². The van der Waals surface area contributed by atoms with Gasteiger partial charge in [0.2, 0.25) is 0 Å². The van der Waals surface area contributed by atoms with Crippen molar-refractivity contribution in [2.45, 2.75) is 26.2 Å². The highest BCUT2D eigenvalue weighted by molar-refractivity contribution is 6.04. The van der Waals surface area contributed by atoms with Gasteiger partial charge in [-0.1, -0.05) is 19.8 Å². The summed E-state index contributed by atoms with van der Waals surface area (Å²) in [7, 11) is 0. The Bertz CT molecular complexity index is 612. The van der Waals surface area contributed by atoms with Crippen LogP contribution in [0.3, 0.4) is 0 Å². The monoisotopic (exact) mass is 293 g/mol. The van der Waals surface area contributed by atoms with E-state index in [0.29, 0.717) is 17.6 Å². The van der Waals surface area contributed by atoms with Gasteiger partial charge >= 0.3 is 0 Å². The van der Waals surface area contributed by atoms with Gasteiger partial charge in [-0.05, 0) is 18.6 Å². The van der Waals surface area contributed by atoms with Crippen molar-refractivity contribution in [2.75, 3.05) is 19.7 Å². The summed E-state index contributed by atoms with van der Waals surface area (Å²) in [6, 6.07) is 2.52. The van der Waals surface area contributed by atoms with Gasteiger partial charge in [0.1, 0.15) is 11.3 Å². The minimum Gasteiger partial charge on any atom is -0.395 e. The molecule has 5 nitrogen and oxygen atoms in total. The first-order valence-corrected chi connectivity index (χ1v) is 7.20. The number of hydrogen-bond donors (Lipinski definition) is 2. The third kappa shape index (κ3) is 3.58. The SMILES string of the molecule is CCCCCN(CCO)C(=O)c1cc(F)cc2[nH]cnc12. The summed E-state index contributed by atoms with van der Waals surface area (Å²) >= 11 is 0. The van der Waals surface area contributed by atoms with E-state index >= 15 is 0 Å². The van der Waals surface area contributed by atoms with Gasteiger partial charge in [-0.3, -0.25) is 4.79 Å². The number of unbranched alkanes of at least 4 members (excludes halogenated alkanes) is 2. The van der Waals surface area contributed by atoms with Crippen LogP contribution in [0.2, 0.25) is 0 Å². The van der Waals surface area contributed by atoms with Crippen LogP contribution in [0.1, 0.15) is 36.5 Å². The molecule has 0 unspecified atom stereocenters. The highest BCUT2D eigenvalue weighted by Gasteiger charge is 2.19. The molecule has 2 rings (SSSR count). The number of nitrogens with zero attached hydrogens (tertiary/aromatic N) is 2. The lowest BCUT2D eigenvalue weighted by atomic mass is 10.1. The molecule has 0 bridgehead atoms. The summed E-state index contributed by atoms with van der Waals surface area (Å²) in [5.41, 5.74) is 1.19. The highest BCUT2D eigenvalue weighted by Crippen LogP contribution is 2.19. The lowest BCUT2D eigenvalue weighted by Gasteiger charge is -2.22. The first kappa shape index (κ1) is 15.4. The van der Waals surface area contributed by atoms with Crippen LogP contribution >= 0.6 is 0 Å². The van der Waals surface area contributed by atoms with E-state index in [4.69, 9.17) is 5.11 Å². The summed E-state index contributed by atoms with van der Waals surface area (Å²) in [6.45, 7) is 2.76. The molecule has 1 heterocycles. The van der Waals surface area contributed by atoms with Gasteiger partial charge in [0, 0.05) is 13.1 Å². The fourth-order valence-electron chi connectivity index (χ4n) is 2.34. The van der Waals surface area contributed by atoms with Gasteiger partial charge < -0.3 is 15.0 Å². The van der Waals surface area contributed by atoms with Gasteiger partial charge in [-0.2, -0.15) is 0 Å². The molecular weight excluding hydrogens is 273 g/mol. The Morgan fingerprint density at radius 3 is 2.90 bits per heavy atom. The second kappa shape index (κ2) is 7.17. The quantitative estimate of drug-likeness (QED) is 0.770. The molecule has 2 N–H and O–H groups in total. The van der Waals surface area contributed by atoms with Gasteiger partial charge in [0.05, 0.1) is 24.0 Å². The number of aromatic amines is 1. The van der Waals surface area contributed by atoms with E-state index < -0.39 is 5.82 Å². The van der Waals surface area contributed by atoms with Gasteiger partial charge in [0.15, 0.2) is 0 Å². The number of benzene rings is 1. The zero-order chi connectivity index (χ0) is 15.2. The van der Waals surface area contributed by atoms with E-state index in [2.05, 4.69) is 16.9 Å². The van der Waals surface area contributed by atoms with E-state index in [1.165, 1.54) is 18.5 Å². The Morgan fingerprint density at radius 1 is 1.38 bits per heavy atom. The zero-order valence-electron chi connectivity index (χ0n) is 12.1. The maximum absolute atomic E-state index is 13.6. The fourth-order valence-corrected chi connectivity index (χ4v) is 2.34. The Labute approximate surface area is 122 Å². The number of aromatic nitrogens is 2. The number of hydrogen-bond acceptors (Lipinski definition) is 3. The number of aliphatic hydroxyl groups excluding tert-OH is 1. The molecule has 0 saturated carbocycles. The predicted molar refractivity (Wildman–Crippen MR) is 78.6 cm³/mol. The number of carbonyl (C=O) groups is 1. The largest absolute Gasteiger partial charge is 0.395 e. The number of rotatable bonds is 7. The molecule has 0 spiro atoms. The number of amides is 1. The van der Waals surface area contributed by atoms with E-state index in [0.717, 1.165) is 19.3 Å². The Kier molecular flexibility index (Phi) is 5.27. The maximum Gasteiger partial charge on any atom is 0.256 e. The standard InChI is InChI=1S/C15H20FN3O2/c1-2-3-4-5-19(6-7-20)15(21)12-8-11(16)9-13-14(12)18-10-17-13/h8-10,20H,2-7H2,1H3,(H,17,18). The van der Waals surface area contributed by atoms with Crippen LogP contribution in [0.4, 0.5) is 4.39 Å². The molecular formula is C15H20FN3O2. The zero-order valence-corrected chi connectivity index (χ0v) is 12.1. The average Bonchev–Trinajstić information content (AvgIpc) is 2.93. The summed E-state index contributed by atoms with van der Waals surface area (Å²) in [4.78, 5) is 21.0. The number of halogens is 1. The molecule has 6 heteroatoms. The lowest BCUT2D eigenvalue weighted by molar-refractivity contribution is 0.0720. The molecule has 0 aliphatic rings. The molecule has 1 amide bonds.